The summed E-state index contributed by atoms with van der Waals surface area (Å²) in [6, 6.07) is -1.17. The van der Waals surface area contributed by atoms with Gasteiger partial charge in [0.05, 0.1) is 36.6 Å². The molecule has 2 rings (SSSR count). The molecular weight excluding hydrogens is 300 g/mol. The third-order valence-corrected chi connectivity index (χ3v) is 5.64. The molecule has 2 heterocycles. The van der Waals surface area contributed by atoms with E-state index in [1.807, 2.05) is 0 Å². The van der Waals surface area contributed by atoms with Gasteiger partial charge in [0.25, 0.3) is 0 Å². The summed E-state index contributed by atoms with van der Waals surface area (Å²) in [5.41, 5.74) is 0. The van der Waals surface area contributed by atoms with Crippen molar-refractivity contribution in [1.29, 1.82) is 0 Å². The third-order valence-electron chi connectivity index (χ3n) is 3.94. The Morgan fingerprint density at radius 2 is 2.14 bits per heavy atom. The van der Waals surface area contributed by atoms with Gasteiger partial charge in [-0.3, -0.25) is 4.79 Å². The van der Waals surface area contributed by atoms with E-state index in [4.69, 9.17) is 9.84 Å². The lowest BCUT2D eigenvalue weighted by molar-refractivity contribution is -0.138. The quantitative estimate of drug-likeness (QED) is 0.745. The number of aliphatic carboxylic acids is 1. The van der Waals surface area contributed by atoms with E-state index in [1.165, 1.54) is 9.80 Å². The number of carbonyl (C=O) groups is 2. The van der Waals surface area contributed by atoms with E-state index in [0.717, 1.165) is 6.42 Å². The maximum absolute atomic E-state index is 12.5. The van der Waals surface area contributed by atoms with Crippen molar-refractivity contribution >= 4 is 21.8 Å². The molecular formula is C12H20N2O6S. The minimum Gasteiger partial charge on any atom is -0.481 e. The van der Waals surface area contributed by atoms with Gasteiger partial charge in [-0.25, -0.2) is 13.2 Å². The fourth-order valence-corrected chi connectivity index (χ4v) is 4.22. The Morgan fingerprint density at radius 3 is 2.71 bits per heavy atom. The molecule has 1 N–H and O–H groups in total. The first kappa shape index (κ1) is 16.0. The standard InChI is InChI=1S/C12H20N2O6S/c1-13(9-2-4-20-7-9)12(17)14-3-5-21(18,19)8-10(14)6-11(15)16/h9-10H,2-8H2,1H3,(H,15,16). The zero-order valence-corrected chi connectivity index (χ0v) is 12.7. The molecule has 2 saturated heterocycles. The lowest BCUT2D eigenvalue weighted by Gasteiger charge is -2.38. The Balaban J connectivity index is 2.10. The molecule has 0 spiro atoms. The van der Waals surface area contributed by atoms with Crippen LogP contribution in [-0.2, 0) is 19.4 Å². The van der Waals surface area contributed by atoms with E-state index in [2.05, 4.69) is 0 Å². The highest BCUT2D eigenvalue weighted by Crippen LogP contribution is 2.19. The van der Waals surface area contributed by atoms with Gasteiger partial charge >= 0.3 is 12.0 Å². The van der Waals surface area contributed by atoms with Crippen molar-refractivity contribution in [3.63, 3.8) is 0 Å². The second-order valence-electron chi connectivity index (χ2n) is 5.47. The number of hydrogen-bond donors (Lipinski definition) is 1. The van der Waals surface area contributed by atoms with Gasteiger partial charge in [-0.15, -0.1) is 0 Å². The average Bonchev–Trinajstić information content (AvgIpc) is 2.89. The maximum atomic E-state index is 12.5. The van der Waals surface area contributed by atoms with E-state index in [0.29, 0.717) is 13.2 Å². The summed E-state index contributed by atoms with van der Waals surface area (Å²) >= 11 is 0. The molecule has 21 heavy (non-hydrogen) atoms. The van der Waals surface area contributed by atoms with Crippen molar-refractivity contribution in [2.45, 2.75) is 24.9 Å². The highest BCUT2D eigenvalue weighted by molar-refractivity contribution is 7.91. The van der Waals surface area contributed by atoms with E-state index < -0.39 is 21.8 Å². The molecule has 0 bridgehead atoms. The predicted molar refractivity (Wildman–Crippen MR) is 73.8 cm³/mol. The number of nitrogens with zero attached hydrogens (tertiary/aromatic N) is 2. The van der Waals surface area contributed by atoms with Gasteiger partial charge in [0.15, 0.2) is 9.84 Å². The van der Waals surface area contributed by atoms with Crippen LogP contribution in [0.5, 0.6) is 0 Å². The SMILES string of the molecule is CN(C(=O)N1CCS(=O)(=O)CC1CC(=O)O)C1CCOC1. The summed E-state index contributed by atoms with van der Waals surface area (Å²) in [6.45, 7) is 1.09. The minimum absolute atomic E-state index is 0.0387. The molecule has 2 amide bonds. The van der Waals surface area contributed by atoms with Crippen LogP contribution in [0.1, 0.15) is 12.8 Å². The first-order valence-electron chi connectivity index (χ1n) is 6.83. The van der Waals surface area contributed by atoms with E-state index in [9.17, 15) is 18.0 Å². The normalized spacial score (nSPS) is 28.3. The largest absolute Gasteiger partial charge is 0.481 e. The summed E-state index contributed by atoms with van der Waals surface area (Å²) < 4.78 is 28.6. The van der Waals surface area contributed by atoms with Crippen LogP contribution in [0.2, 0.25) is 0 Å². The molecule has 8 nitrogen and oxygen atoms in total. The van der Waals surface area contributed by atoms with Gasteiger partial charge in [0.2, 0.25) is 0 Å². The lowest BCUT2D eigenvalue weighted by Crippen LogP contribution is -2.56. The van der Waals surface area contributed by atoms with Gasteiger partial charge < -0.3 is 19.6 Å². The minimum atomic E-state index is -3.29. The van der Waals surface area contributed by atoms with Gasteiger partial charge in [-0.05, 0) is 6.42 Å². The monoisotopic (exact) mass is 320 g/mol. The molecule has 2 aliphatic rings. The average molecular weight is 320 g/mol. The van der Waals surface area contributed by atoms with Gasteiger partial charge in [-0.2, -0.15) is 0 Å². The van der Waals surface area contributed by atoms with Crippen LogP contribution in [0.4, 0.5) is 4.79 Å². The number of urea groups is 1. The van der Waals surface area contributed by atoms with Crippen LogP contribution >= 0.6 is 0 Å². The summed E-state index contributed by atoms with van der Waals surface area (Å²) in [5, 5.41) is 8.92. The first-order chi connectivity index (χ1) is 9.80. The zero-order chi connectivity index (χ0) is 15.6. The summed E-state index contributed by atoms with van der Waals surface area (Å²) in [4.78, 5) is 26.3. The fraction of sp³-hybridized carbons (Fsp3) is 0.833. The summed E-state index contributed by atoms with van der Waals surface area (Å²) in [7, 11) is -1.65. The van der Waals surface area contributed by atoms with Crippen molar-refractivity contribution in [3.8, 4) is 0 Å². The first-order valence-corrected chi connectivity index (χ1v) is 8.65. The summed E-state index contributed by atoms with van der Waals surface area (Å²) in [6.07, 6.45) is 0.373. The number of likely N-dealkylation sites (N-methyl/N-ethyl adjacent to an activating group) is 1. The molecule has 0 radical (unpaired) electrons. The van der Waals surface area contributed by atoms with Crippen LogP contribution in [0, 0.1) is 0 Å². The third kappa shape index (κ3) is 3.85. The van der Waals surface area contributed by atoms with Crippen LogP contribution in [0.3, 0.4) is 0 Å². The number of rotatable bonds is 3. The van der Waals surface area contributed by atoms with E-state index in [-0.39, 0.29) is 36.5 Å². The number of carbonyl (C=O) groups excluding carboxylic acids is 1. The van der Waals surface area contributed by atoms with Gasteiger partial charge in [-0.1, -0.05) is 0 Å². The van der Waals surface area contributed by atoms with Crippen molar-refractivity contribution in [2.24, 2.45) is 0 Å². The highest BCUT2D eigenvalue weighted by atomic mass is 32.2. The Morgan fingerprint density at radius 1 is 1.43 bits per heavy atom. The fourth-order valence-electron chi connectivity index (χ4n) is 2.70. The Bertz CT molecular complexity index is 514. The van der Waals surface area contributed by atoms with Crippen LogP contribution in [0.25, 0.3) is 0 Å². The number of hydrogen-bond acceptors (Lipinski definition) is 5. The molecule has 0 aromatic carbocycles. The maximum Gasteiger partial charge on any atom is 0.320 e. The Kier molecular flexibility index (Phi) is 4.72. The van der Waals surface area contributed by atoms with Crippen molar-refractivity contribution in [1.82, 2.24) is 9.80 Å². The number of carboxylic acids is 1. The Hall–Kier alpha value is -1.35. The van der Waals surface area contributed by atoms with Crippen LogP contribution in [0.15, 0.2) is 0 Å². The van der Waals surface area contributed by atoms with Crippen molar-refractivity contribution in [2.75, 3.05) is 38.3 Å². The highest BCUT2D eigenvalue weighted by Gasteiger charge is 2.38. The summed E-state index contributed by atoms with van der Waals surface area (Å²) in [5.74, 6) is -1.52. The molecule has 0 saturated carbocycles. The molecule has 9 heteroatoms. The van der Waals surface area contributed by atoms with E-state index >= 15 is 0 Å². The van der Waals surface area contributed by atoms with Crippen LogP contribution < -0.4 is 0 Å². The van der Waals surface area contributed by atoms with Crippen molar-refractivity contribution < 1.29 is 27.9 Å². The zero-order valence-electron chi connectivity index (χ0n) is 11.9. The van der Waals surface area contributed by atoms with E-state index in [1.54, 1.807) is 7.05 Å². The number of ether oxygens (including phenoxy) is 1. The number of amides is 2. The predicted octanol–water partition coefficient (Wildman–Crippen LogP) is -0.599. The molecule has 0 aromatic rings. The van der Waals surface area contributed by atoms with Gasteiger partial charge in [0, 0.05) is 20.2 Å². The molecule has 2 aliphatic heterocycles. The lowest BCUT2D eigenvalue weighted by atomic mass is 10.2. The topological polar surface area (TPSA) is 104 Å². The van der Waals surface area contributed by atoms with Gasteiger partial charge in [0.1, 0.15) is 0 Å². The van der Waals surface area contributed by atoms with Crippen molar-refractivity contribution in [3.05, 3.63) is 0 Å². The smallest absolute Gasteiger partial charge is 0.320 e. The molecule has 120 valence electrons. The number of sulfone groups is 1. The molecule has 0 aliphatic carbocycles. The number of carboxylic acid groups (broad SMARTS) is 1. The molecule has 0 aromatic heterocycles. The van der Waals surface area contributed by atoms with Crippen LogP contribution in [-0.4, -0.2) is 85.7 Å². The molecule has 2 fully saturated rings. The molecule has 2 atom stereocenters. The Labute approximate surface area is 123 Å². The molecule has 2 unspecified atom stereocenters. The second-order valence-corrected chi connectivity index (χ2v) is 7.70. The second kappa shape index (κ2) is 6.18.